The molecule has 3 aromatic carbocycles. The molecule has 0 aromatic heterocycles. The number of hydrogen-bond acceptors (Lipinski definition) is 5. The van der Waals surface area contributed by atoms with E-state index in [0.29, 0.717) is 22.1 Å². The largest absolute Gasteiger partial charge is 0.497 e. The average molecular weight is 446 g/mol. The van der Waals surface area contributed by atoms with E-state index in [1.807, 2.05) is 12.1 Å². The molecule has 0 spiro atoms. The first-order valence-corrected chi connectivity index (χ1v) is 10.00. The van der Waals surface area contributed by atoms with Crippen LogP contribution in [0.3, 0.4) is 0 Å². The van der Waals surface area contributed by atoms with Crippen LogP contribution >= 0.6 is 11.6 Å². The van der Waals surface area contributed by atoms with Crippen molar-refractivity contribution >= 4 is 35.3 Å². The van der Waals surface area contributed by atoms with E-state index in [-0.39, 0.29) is 5.75 Å². The molecule has 0 bridgehead atoms. The summed E-state index contributed by atoms with van der Waals surface area (Å²) in [5.41, 5.74) is 2.78. The normalized spacial score (nSPS) is 11.1. The number of allylic oxidation sites excluding steroid dienone is 1. The lowest BCUT2D eigenvalue weighted by Gasteiger charge is -2.09. The minimum Gasteiger partial charge on any atom is -0.497 e. The molecule has 0 saturated carbocycles. The lowest BCUT2D eigenvalue weighted by Crippen LogP contribution is -2.05. The number of halogens is 1. The minimum atomic E-state index is -0.544. The quantitative estimate of drug-likeness (QED) is 0.146. The van der Waals surface area contributed by atoms with Gasteiger partial charge < -0.3 is 14.2 Å². The predicted molar refractivity (Wildman–Crippen MR) is 126 cm³/mol. The van der Waals surface area contributed by atoms with Gasteiger partial charge >= 0.3 is 5.97 Å². The van der Waals surface area contributed by atoms with Gasteiger partial charge in [-0.25, -0.2) is 4.79 Å². The SMILES string of the molecule is COc1ccc(/C(C#N)=C\c2ccc(OC(=O)/C=C/c3ccc(Cl)cc3)c(OC)c2)cc1. The van der Waals surface area contributed by atoms with Gasteiger partial charge in [-0.1, -0.05) is 29.8 Å². The molecule has 0 fully saturated rings. The van der Waals surface area contributed by atoms with E-state index in [1.165, 1.54) is 13.2 Å². The molecule has 0 saturated heterocycles. The zero-order chi connectivity index (χ0) is 22.9. The van der Waals surface area contributed by atoms with Crippen molar-refractivity contribution in [2.45, 2.75) is 0 Å². The van der Waals surface area contributed by atoms with Crippen LogP contribution in [0.2, 0.25) is 5.02 Å². The standard InChI is InChI=1S/C26H20ClNO4/c1-30-23-11-7-20(8-12-23)21(17-28)15-19-5-13-24(25(16-19)31-2)32-26(29)14-6-18-3-9-22(27)10-4-18/h3-16H,1-2H3/b14-6+,21-15-. The van der Waals surface area contributed by atoms with Crippen molar-refractivity contribution in [1.29, 1.82) is 5.26 Å². The van der Waals surface area contributed by atoms with Crippen molar-refractivity contribution in [2.24, 2.45) is 0 Å². The van der Waals surface area contributed by atoms with Crippen LogP contribution in [0.15, 0.2) is 72.8 Å². The van der Waals surface area contributed by atoms with E-state index in [2.05, 4.69) is 6.07 Å². The summed E-state index contributed by atoms with van der Waals surface area (Å²) in [5, 5.41) is 10.2. The molecule has 6 heteroatoms. The topological polar surface area (TPSA) is 68.5 Å². The summed E-state index contributed by atoms with van der Waals surface area (Å²) in [4.78, 5) is 12.2. The van der Waals surface area contributed by atoms with Crippen LogP contribution in [0.4, 0.5) is 0 Å². The van der Waals surface area contributed by atoms with Crippen molar-refractivity contribution in [3.05, 3.63) is 94.5 Å². The number of benzene rings is 3. The first kappa shape index (κ1) is 22.7. The maximum atomic E-state index is 12.2. The van der Waals surface area contributed by atoms with Gasteiger partial charge in [0.15, 0.2) is 11.5 Å². The van der Waals surface area contributed by atoms with Gasteiger partial charge in [0.1, 0.15) is 5.75 Å². The van der Waals surface area contributed by atoms with Crippen LogP contribution in [-0.2, 0) is 4.79 Å². The first-order chi connectivity index (χ1) is 15.5. The van der Waals surface area contributed by atoms with Gasteiger partial charge in [-0.15, -0.1) is 0 Å². The Morgan fingerprint density at radius 2 is 1.59 bits per heavy atom. The monoisotopic (exact) mass is 445 g/mol. The van der Waals surface area contributed by atoms with Crippen molar-refractivity contribution in [3.63, 3.8) is 0 Å². The zero-order valence-electron chi connectivity index (χ0n) is 17.5. The molecule has 0 atom stereocenters. The van der Waals surface area contributed by atoms with Crippen molar-refractivity contribution < 1.29 is 19.0 Å². The second kappa shape index (κ2) is 10.9. The predicted octanol–water partition coefficient (Wildman–Crippen LogP) is 6.04. The van der Waals surface area contributed by atoms with Gasteiger partial charge in [0.2, 0.25) is 0 Å². The number of carbonyl (C=O) groups excluding carboxylic acids is 1. The lowest BCUT2D eigenvalue weighted by molar-refractivity contribution is -0.129. The summed E-state index contributed by atoms with van der Waals surface area (Å²) >= 11 is 5.86. The molecule has 3 aromatic rings. The molecule has 0 heterocycles. The van der Waals surface area contributed by atoms with Crippen LogP contribution in [0, 0.1) is 11.3 Å². The van der Waals surface area contributed by atoms with Crippen LogP contribution in [0.1, 0.15) is 16.7 Å². The minimum absolute atomic E-state index is 0.276. The molecule has 3 rings (SSSR count). The van der Waals surface area contributed by atoms with Gasteiger partial charge in [-0.2, -0.15) is 5.26 Å². The molecule has 5 nitrogen and oxygen atoms in total. The van der Waals surface area contributed by atoms with Crippen molar-refractivity contribution in [1.82, 2.24) is 0 Å². The Balaban J connectivity index is 1.77. The number of rotatable bonds is 7. The molecule has 160 valence electrons. The van der Waals surface area contributed by atoms with E-state index < -0.39 is 5.97 Å². The number of nitrogens with zero attached hydrogens (tertiary/aromatic N) is 1. The van der Waals surface area contributed by atoms with Gasteiger partial charge in [0.25, 0.3) is 0 Å². The molecule has 0 unspecified atom stereocenters. The fraction of sp³-hybridized carbons (Fsp3) is 0.0769. The van der Waals surface area contributed by atoms with Crippen LogP contribution in [0.25, 0.3) is 17.7 Å². The summed E-state index contributed by atoms with van der Waals surface area (Å²) in [7, 11) is 3.07. The number of esters is 1. The summed E-state index contributed by atoms with van der Waals surface area (Å²) in [6.07, 6.45) is 4.70. The number of hydrogen-bond donors (Lipinski definition) is 0. The Labute approximate surface area is 191 Å². The molecule has 32 heavy (non-hydrogen) atoms. The molecule has 0 aliphatic carbocycles. The third kappa shape index (κ3) is 6.00. The van der Waals surface area contributed by atoms with Gasteiger partial charge in [-0.3, -0.25) is 0 Å². The third-order valence-corrected chi connectivity index (χ3v) is 4.76. The molecule has 0 amide bonds. The maximum absolute atomic E-state index is 12.2. The Morgan fingerprint density at radius 1 is 0.906 bits per heavy atom. The van der Waals surface area contributed by atoms with Crippen LogP contribution in [0.5, 0.6) is 17.2 Å². The Hall–Kier alpha value is -4.01. The van der Waals surface area contributed by atoms with Gasteiger partial charge in [-0.05, 0) is 77.4 Å². The second-order valence-corrected chi connectivity index (χ2v) is 7.05. The smallest absolute Gasteiger partial charge is 0.336 e. The van der Waals surface area contributed by atoms with E-state index in [0.717, 1.165) is 16.7 Å². The maximum Gasteiger partial charge on any atom is 0.336 e. The summed E-state index contributed by atoms with van der Waals surface area (Å²) in [6, 6.07) is 21.6. The molecular formula is C26H20ClNO4. The van der Waals surface area contributed by atoms with E-state index in [9.17, 15) is 10.1 Å². The third-order valence-electron chi connectivity index (χ3n) is 4.51. The highest BCUT2D eigenvalue weighted by Crippen LogP contribution is 2.30. The molecule has 0 N–H and O–H groups in total. The average Bonchev–Trinajstić information content (AvgIpc) is 2.83. The highest BCUT2D eigenvalue weighted by Gasteiger charge is 2.10. The summed E-state index contributed by atoms with van der Waals surface area (Å²) < 4.78 is 15.9. The molecule has 0 aliphatic rings. The highest BCUT2D eigenvalue weighted by molar-refractivity contribution is 6.30. The number of nitriles is 1. The highest BCUT2D eigenvalue weighted by atomic mass is 35.5. The zero-order valence-corrected chi connectivity index (χ0v) is 18.3. The fourth-order valence-corrected chi connectivity index (χ4v) is 2.98. The number of ether oxygens (including phenoxy) is 3. The lowest BCUT2D eigenvalue weighted by atomic mass is 10.0. The molecule has 0 aliphatic heterocycles. The van der Waals surface area contributed by atoms with Gasteiger partial charge in [0, 0.05) is 11.1 Å². The Morgan fingerprint density at radius 3 is 2.22 bits per heavy atom. The van der Waals surface area contributed by atoms with E-state index in [1.54, 1.807) is 73.9 Å². The van der Waals surface area contributed by atoms with Crippen molar-refractivity contribution in [3.8, 4) is 23.3 Å². The van der Waals surface area contributed by atoms with E-state index >= 15 is 0 Å². The number of methoxy groups -OCH3 is 2. The Bertz CT molecular complexity index is 1190. The summed E-state index contributed by atoms with van der Waals surface area (Å²) in [5.74, 6) is 0.818. The van der Waals surface area contributed by atoms with Gasteiger partial charge in [0.05, 0.1) is 25.9 Å². The first-order valence-electron chi connectivity index (χ1n) is 9.62. The van der Waals surface area contributed by atoms with E-state index in [4.69, 9.17) is 25.8 Å². The second-order valence-electron chi connectivity index (χ2n) is 6.61. The van der Waals surface area contributed by atoms with Crippen LogP contribution in [-0.4, -0.2) is 20.2 Å². The number of carbonyl (C=O) groups is 1. The fourth-order valence-electron chi connectivity index (χ4n) is 2.86. The van der Waals surface area contributed by atoms with Crippen molar-refractivity contribution in [2.75, 3.05) is 14.2 Å². The molecular weight excluding hydrogens is 426 g/mol. The Kier molecular flexibility index (Phi) is 7.69. The summed E-state index contributed by atoms with van der Waals surface area (Å²) in [6.45, 7) is 0. The van der Waals surface area contributed by atoms with Crippen LogP contribution < -0.4 is 14.2 Å². The molecule has 0 radical (unpaired) electrons.